The molecule has 2 aromatic rings. The van der Waals surface area contributed by atoms with E-state index in [0.717, 1.165) is 23.3 Å². The lowest BCUT2D eigenvalue weighted by Gasteiger charge is -2.10. The molecule has 0 aliphatic carbocycles. The summed E-state index contributed by atoms with van der Waals surface area (Å²) in [5, 5.41) is 8.97. The molecule has 0 fully saturated rings. The third-order valence-electron chi connectivity index (χ3n) is 2.89. The van der Waals surface area contributed by atoms with Gasteiger partial charge < -0.3 is 14.4 Å². The number of carboxylic acid groups (broad SMARTS) is 1. The van der Waals surface area contributed by atoms with Gasteiger partial charge in [-0.05, 0) is 18.1 Å². The molecule has 1 aromatic carbocycles. The molecule has 0 saturated carbocycles. The van der Waals surface area contributed by atoms with Crippen molar-refractivity contribution in [1.29, 1.82) is 0 Å². The largest absolute Gasteiger partial charge is 0.497 e. The fourth-order valence-electron chi connectivity index (χ4n) is 2.13. The first-order valence-electron chi connectivity index (χ1n) is 6.26. The molecule has 19 heavy (non-hydrogen) atoms. The highest BCUT2D eigenvalue weighted by atomic mass is 16.5. The fraction of sp³-hybridized carbons (Fsp3) is 0.429. The number of ether oxygens (including phenoxy) is 1. The van der Waals surface area contributed by atoms with Crippen LogP contribution < -0.4 is 4.74 Å². The van der Waals surface area contributed by atoms with Crippen LogP contribution in [0.1, 0.15) is 19.7 Å². The van der Waals surface area contributed by atoms with Crippen LogP contribution >= 0.6 is 0 Å². The molecule has 0 spiro atoms. The number of hydrogen-bond donors (Lipinski definition) is 1. The number of aliphatic carboxylic acids is 1. The van der Waals surface area contributed by atoms with E-state index in [9.17, 15) is 4.79 Å². The van der Waals surface area contributed by atoms with Crippen LogP contribution in [0.3, 0.4) is 0 Å². The van der Waals surface area contributed by atoms with Crippen molar-refractivity contribution in [1.82, 2.24) is 9.55 Å². The molecule has 0 aliphatic rings. The normalized spacial score (nSPS) is 11.2. The molecule has 0 radical (unpaired) electrons. The van der Waals surface area contributed by atoms with Crippen LogP contribution in [0, 0.1) is 5.92 Å². The first-order chi connectivity index (χ1) is 9.01. The second kappa shape index (κ2) is 5.30. The van der Waals surface area contributed by atoms with Gasteiger partial charge in [-0.2, -0.15) is 0 Å². The minimum absolute atomic E-state index is 0.0658. The highest BCUT2D eigenvalue weighted by Crippen LogP contribution is 2.23. The van der Waals surface area contributed by atoms with Crippen molar-refractivity contribution in [2.45, 2.75) is 26.8 Å². The van der Waals surface area contributed by atoms with E-state index < -0.39 is 5.97 Å². The number of aromatic nitrogens is 2. The van der Waals surface area contributed by atoms with Gasteiger partial charge in [0.15, 0.2) is 0 Å². The molecule has 1 N–H and O–H groups in total. The van der Waals surface area contributed by atoms with Gasteiger partial charge in [0.2, 0.25) is 0 Å². The summed E-state index contributed by atoms with van der Waals surface area (Å²) in [6, 6.07) is 5.62. The Bertz CT molecular complexity index is 602. The zero-order valence-electron chi connectivity index (χ0n) is 11.4. The van der Waals surface area contributed by atoms with E-state index in [1.165, 1.54) is 0 Å². The minimum atomic E-state index is -0.868. The predicted octanol–water partition coefficient (Wildman–Crippen LogP) is 2.33. The summed E-state index contributed by atoms with van der Waals surface area (Å²) in [5.74, 6) is 0.868. The second-order valence-electron chi connectivity index (χ2n) is 4.96. The van der Waals surface area contributed by atoms with Gasteiger partial charge in [-0.25, -0.2) is 4.98 Å². The smallest absolute Gasteiger partial charge is 0.311 e. The standard InChI is InChI=1S/C14H18N2O3/c1-9(2)8-16-12-5-4-10(19-3)6-11(12)15-13(16)7-14(17)18/h4-6,9H,7-8H2,1-3H3,(H,17,18). The summed E-state index contributed by atoms with van der Waals surface area (Å²) in [6.45, 7) is 4.95. The minimum Gasteiger partial charge on any atom is -0.497 e. The molecule has 0 bridgehead atoms. The molecule has 102 valence electrons. The second-order valence-corrected chi connectivity index (χ2v) is 4.96. The van der Waals surface area contributed by atoms with Crippen molar-refractivity contribution in [2.75, 3.05) is 7.11 Å². The maximum Gasteiger partial charge on any atom is 0.311 e. The Kier molecular flexibility index (Phi) is 3.74. The van der Waals surface area contributed by atoms with Crippen molar-refractivity contribution >= 4 is 17.0 Å². The molecule has 5 heteroatoms. The van der Waals surface area contributed by atoms with E-state index in [0.29, 0.717) is 11.7 Å². The zero-order chi connectivity index (χ0) is 14.0. The average molecular weight is 262 g/mol. The first kappa shape index (κ1) is 13.4. The number of nitrogens with zero attached hydrogens (tertiary/aromatic N) is 2. The highest BCUT2D eigenvalue weighted by molar-refractivity contribution is 5.79. The van der Waals surface area contributed by atoms with E-state index >= 15 is 0 Å². The lowest BCUT2D eigenvalue weighted by Crippen LogP contribution is -2.12. The van der Waals surface area contributed by atoms with E-state index in [1.807, 2.05) is 22.8 Å². The van der Waals surface area contributed by atoms with E-state index in [1.54, 1.807) is 7.11 Å². The van der Waals surface area contributed by atoms with Gasteiger partial charge >= 0.3 is 5.97 Å². The molecule has 1 aromatic heterocycles. The molecule has 0 unspecified atom stereocenters. The molecular weight excluding hydrogens is 244 g/mol. The Morgan fingerprint density at radius 2 is 2.21 bits per heavy atom. The van der Waals surface area contributed by atoms with Crippen molar-refractivity contribution in [2.24, 2.45) is 5.92 Å². The van der Waals surface area contributed by atoms with Crippen LogP contribution in [0.25, 0.3) is 11.0 Å². The third-order valence-corrected chi connectivity index (χ3v) is 2.89. The van der Waals surface area contributed by atoms with Crippen LogP contribution in [0.15, 0.2) is 18.2 Å². The van der Waals surface area contributed by atoms with Crippen molar-refractivity contribution in [3.63, 3.8) is 0 Å². The lowest BCUT2D eigenvalue weighted by molar-refractivity contribution is -0.136. The van der Waals surface area contributed by atoms with Gasteiger partial charge in [-0.15, -0.1) is 0 Å². The van der Waals surface area contributed by atoms with Crippen LogP contribution in [0.5, 0.6) is 5.75 Å². The maximum atomic E-state index is 10.9. The van der Waals surface area contributed by atoms with Crippen LogP contribution in [0.2, 0.25) is 0 Å². The third kappa shape index (κ3) is 2.86. The number of methoxy groups -OCH3 is 1. The Morgan fingerprint density at radius 3 is 2.79 bits per heavy atom. The predicted molar refractivity (Wildman–Crippen MR) is 72.5 cm³/mol. The zero-order valence-corrected chi connectivity index (χ0v) is 11.4. The van der Waals surface area contributed by atoms with Gasteiger partial charge in [0.25, 0.3) is 0 Å². The number of imidazole rings is 1. The van der Waals surface area contributed by atoms with E-state index in [2.05, 4.69) is 18.8 Å². The molecule has 1 heterocycles. The van der Waals surface area contributed by atoms with E-state index in [-0.39, 0.29) is 6.42 Å². The van der Waals surface area contributed by atoms with Crippen molar-refractivity contribution in [3.05, 3.63) is 24.0 Å². The number of hydrogen-bond acceptors (Lipinski definition) is 3. The summed E-state index contributed by atoms with van der Waals surface area (Å²) in [4.78, 5) is 15.3. The Hall–Kier alpha value is -2.04. The molecule has 2 rings (SSSR count). The Balaban J connectivity index is 2.54. The lowest BCUT2D eigenvalue weighted by atomic mass is 10.2. The first-order valence-corrected chi connectivity index (χ1v) is 6.26. The van der Waals surface area contributed by atoms with Gasteiger partial charge in [-0.3, -0.25) is 4.79 Å². The molecule has 0 saturated heterocycles. The highest BCUT2D eigenvalue weighted by Gasteiger charge is 2.14. The van der Waals surface area contributed by atoms with E-state index in [4.69, 9.17) is 9.84 Å². The van der Waals surface area contributed by atoms with Crippen molar-refractivity contribution in [3.8, 4) is 5.75 Å². The molecule has 0 amide bonds. The van der Waals surface area contributed by atoms with Gasteiger partial charge in [0.05, 0.1) is 18.1 Å². The SMILES string of the molecule is COc1ccc2c(c1)nc(CC(=O)O)n2CC(C)C. The van der Waals surface area contributed by atoms with Crippen molar-refractivity contribution < 1.29 is 14.6 Å². The van der Waals surface area contributed by atoms with Crippen LogP contribution in [-0.2, 0) is 17.8 Å². The topological polar surface area (TPSA) is 64.3 Å². The number of fused-ring (bicyclic) bond motifs is 1. The molecular formula is C14H18N2O3. The van der Waals surface area contributed by atoms with Gasteiger partial charge in [-0.1, -0.05) is 13.8 Å². The molecule has 0 aliphatic heterocycles. The molecule has 5 nitrogen and oxygen atoms in total. The van der Waals surface area contributed by atoms with Gasteiger partial charge in [0.1, 0.15) is 18.0 Å². The number of carboxylic acids is 1. The monoisotopic (exact) mass is 262 g/mol. The quantitative estimate of drug-likeness (QED) is 0.898. The summed E-state index contributed by atoms with van der Waals surface area (Å²) >= 11 is 0. The molecule has 0 atom stereocenters. The Morgan fingerprint density at radius 1 is 1.47 bits per heavy atom. The average Bonchev–Trinajstić information content (AvgIpc) is 2.65. The number of benzene rings is 1. The number of rotatable bonds is 5. The van der Waals surface area contributed by atoms with Crippen LogP contribution in [-0.4, -0.2) is 27.7 Å². The summed E-state index contributed by atoms with van der Waals surface area (Å²) < 4.78 is 7.15. The summed E-state index contributed by atoms with van der Waals surface area (Å²) in [5.41, 5.74) is 1.72. The van der Waals surface area contributed by atoms with Crippen LogP contribution in [0.4, 0.5) is 0 Å². The summed E-state index contributed by atoms with van der Waals surface area (Å²) in [7, 11) is 1.60. The number of carbonyl (C=O) groups is 1. The maximum absolute atomic E-state index is 10.9. The fourth-order valence-corrected chi connectivity index (χ4v) is 2.13. The summed E-state index contributed by atoms with van der Waals surface area (Å²) in [6.07, 6.45) is -0.0658. The Labute approximate surface area is 111 Å². The van der Waals surface area contributed by atoms with Gasteiger partial charge in [0, 0.05) is 12.6 Å².